The van der Waals surface area contributed by atoms with Crippen LogP contribution in [-0.4, -0.2) is 4.98 Å². The largest absolute Gasteiger partial charge is 0.305 e. The molecule has 0 aliphatic rings. The van der Waals surface area contributed by atoms with Crippen molar-refractivity contribution in [2.45, 2.75) is 19.5 Å². The SMILES string of the molecule is C[C@H](NCc1cscn1)c1cccc(Cl)c1. The lowest BCUT2D eigenvalue weighted by Crippen LogP contribution is -2.18. The molecule has 0 spiro atoms. The van der Waals surface area contributed by atoms with Gasteiger partial charge in [0.1, 0.15) is 0 Å². The highest BCUT2D eigenvalue weighted by Gasteiger charge is 2.05. The van der Waals surface area contributed by atoms with Gasteiger partial charge in [-0.3, -0.25) is 0 Å². The molecule has 0 amide bonds. The van der Waals surface area contributed by atoms with Gasteiger partial charge >= 0.3 is 0 Å². The third-order valence-corrected chi connectivity index (χ3v) is 3.29. The maximum Gasteiger partial charge on any atom is 0.0795 e. The molecule has 0 aliphatic heterocycles. The average Bonchev–Trinajstić information content (AvgIpc) is 2.78. The Kier molecular flexibility index (Phi) is 3.93. The van der Waals surface area contributed by atoms with Crippen LogP contribution in [0.5, 0.6) is 0 Å². The molecule has 0 saturated heterocycles. The highest BCUT2D eigenvalue weighted by atomic mass is 35.5. The normalized spacial score (nSPS) is 12.6. The molecule has 1 heterocycles. The Morgan fingerprint density at radius 1 is 1.50 bits per heavy atom. The van der Waals surface area contributed by atoms with Gasteiger partial charge in [0.15, 0.2) is 0 Å². The monoisotopic (exact) mass is 252 g/mol. The molecule has 1 atom stereocenters. The number of aromatic nitrogens is 1. The maximum absolute atomic E-state index is 5.95. The fourth-order valence-electron chi connectivity index (χ4n) is 1.48. The van der Waals surface area contributed by atoms with Gasteiger partial charge in [0.2, 0.25) is 0 Å². The molecular weight excluding hydrogens is 240 g/mol. The maximum atomic E-state index is 5.95. The zero-order valence-electron chi connectivity index (χ0n) is 8.98. The number of halogens is 1. The molecule has 16 heavy (non-hydrogen) atoms. The van der Waals surface area contributed by atoms with E-state index in [1.165, 1.54) is 5.56 Å². The summed E-state index contributed by atoms with van der Waals surface area (Å²) in [5, 5.41) is 6.24. The Labute approximate surface area is 104 Å². The molecule has 1 aromatic heterocycles. The van der Waals surface area contributed by atoms with Gasteiger partial charge in [0, 0.05) is 23.0 Å². The van der Waals surface area contributed by atoms with Gasteiger partial charge in [0.05, 0.1) is 11.2 Å². The third-order valence-electron chi connectivity index (χ3n) is 2.42. The molecule has 0 bridgehead atoms. The summed E-state index contributed by atoms with van der Waals surface area (Å²) in [6.07, 6.45) is 0. The number of hydrogen-bond acceptors (Lipinski definition) is 3. The first-order chi connectivity index (χ1) is 7.75. The number of nitrogens with zero attached hydrogens (tertiary/aromatic N) is 1. The van der Waals surface area contributed by atoms with E-state index in [1.54, 1.807) is 11.3 Å². The molecule has 2 aromatic rings. The van der Waals surface area contributed by atoms with Crippen LogP contribution in [0.4, 0.5) is 0 Å². The van der Waals surface area contributed by atoms with Gasteiger partial charge in [-0.1, -0.05) is 23.7 Å². The van der Waals surface area contributed by atoms with Crippen LogP contribution in [0, 0.1) is 0 Å². The summed E-state index contributed by atoms with van der Waals surface area (Å²) in [5.41, 5.74) is 4.13. The van der Waals surface area contributed by atoms with Crippen LogP contribution in [-0.2, 0) is 6.54 Å². The summed E-state index contributed by atoms with van der Waals surface area (Å²) >= 11 is 7.57. The summed E-state index contributed by atoms with van der Waals surface area (Å²) in [6, 6.07) is 8.20. The van der Waals surface area contributed by atoms with Gasteiger partial charge in [-0.25, -0.2) is 4.98 Å². The van der Waals surface area contributed by atoms with Crippen LogP contribution in [0.25, 0.3) is 0 Å². The molecule has 0 unspecified atom stereocenters. The summed E-state index contributed by atoms with van der Waals surface area (Å²) in [5.74, 6) is 0. The summed E-state index contributed by atoms with van der Waals surface area (Å²) in [4.78, 5) is 4.23. The molecule has 84 valence electrons. The Bertz CT molecular complexity index is 442. The highest BCUT2D eigenvalue weighted by molar-refractivity contribution is 7.07. The van der Waals surface area contributed by atoms with Crippen molar-refractivity contribution in [3.8, 4) is 0 Å². The first kappa shape index (κ1) is 11.6. The first-order valence-electron chi connectivity index (χ1n) is 5.11. The van der Waals surface area contributed by atoms with E-state index in [1.807, 2.05) is 23.7 Å². The van der Waals surface area contributed by atoms with Crippen molar-refractivity contribution < 1.29 is 0 Å². The molecule has 2 rings (SSSR count). The van der Waals surface area contributed by atoms with E-state index >= 15 is 0 Å². The zero-order valence-corrected chi connectivity index (χ0v) is 10.6. The van der Waals surface area contributed by atoms with E-state index < -0.39 is 0 Å². The van der Waals surface area contributed by atoms with Gasteiger partial charge in [-0.05, 0) is 24.6 Å². The molecular formula is C12H13ClN2S. The lowest BCUT2D eigenvalue weighted by Gasteiger charge is -2.13. The van der Waals surface area contributed by atoms with Crippen molar-refractivity contribution in [2.75, 3.05) is 0 Å². The van der Waals surface area contributed by atoms with Crippen LogP contribution >= 0.6 is 22.9 Å². The van der Waals surface area contributed by atoms with Crippen LogP contribution in [0.1, 0.15) is 24.2 Å². The molecule has 0 radical (unpaired) electrons. The molecule has 0 fully saturated rings. The Balaban J connectivity index is 1.95. The highest BCUT2D eigenvalue weighted by Crippen LogP contribution is 2.17. The van der Waals surface area contributed by atoms with Gasteiger partial charge < -0.3 is 5.32 Å². The lowest BCUT2D eigenvalue weighted by molar-refractivity contribution is 0.569. The van der Waals surface area contributed by atoms with Crippen molar-refractivity contribution in [3.63, 3.8) is 0 Å². The molecule has 1 aromatic carbocycles. The summed E-state index contributed by atoms with van der Waals surface area (Å²) in [7, 11) is 0. The first-order valence-corrected chi connectivity index (χ1v) is 6.43. The Morgan fingerprint density at radius 3 is 3.06 bits per heavy atom. The van der Waals surface area contributed by atoms with Crippen molar-refractivity contribution >= 4 is 22.9 Å². The predicted octanol–water partition coefficient (Wildman–Crippen LogP) is 3.65. The second-order valence-corrected chi connectivity index (χ2v) is 4.79. The standard InChI is InChI=1S/C12H13ClN2S/c1-9(10-3-2-4-11(13)5-10)14-6-12-7-16-8-15-12/h2-5,7-9,14H,6H2,1H3/t9-/m0/s1. The van der Waals surface area contributed by atoms with E-state index in [0.717, 1.165) is 17.3 Å². The number of nitrogens with one attached hydrogen (secondary N) is 1. The van der Waals surface area contributed by atoms with E-state index in [-0.39, 0.29) is 6.04 Å². The van der Waals surface area contributed by atoms with E-state index in [0.29, 0.717) is 0 Å². The second kappa shape index (κ2) is 5.43. The average molecular weight is 253 g/mol. The van der Waals surface area contributed by atoms with E-state index in [2.05, 4.69) is 28.7 Å². The molecule has 1 N–H and O–H groups in total. The summed E-state index contributed by atoms with van der Waals surface area (Å²) < 4.78 is 0. The molecule has 2 nitrogen and oxygen atoms in total. The molecule has 4 heteroatoms. The zero-order chi connectivity index (χ0) is 11.4. The number of thiazole rings is 1. The minimum Gasteiger partial charge on any atom is -0.305 e. The van der Waals surface area contributed by atoms with Crippen LogP contribution in [0.15, 0.2) is 35.2 Å². The van der Waals surface area contributed by atoms with Gasteiger partial charge in [-0.2, -0.15) is 0 Å². The van der Waals surface area contributed by atoms with Crippen LogP contribution in [0.3, 0.4) is 0 Å². The van der Waals surface area contributed by atoms with Crippen molar-refractivity contribution in [2.24, 2.45) is 0 Å². The minimum absolute atomic E-state index is 0.278. The van der Waals surface area contributed by atoms with Gasteiger partial charge in [0.25, 0.3) is 0 Å². The number of benzene rings is 1. The summed E-state index contributed by atoms with van der Waals surface area (Å²) in [6.45, 7) is 2.91. The van der Waals surface area contributed by atoms with E-state index in [9.17, 15) is 0 Å². The smallest absolute Gasteiger partial charge is 0.0795 e. The second-order valence-electron chi connectivity index (χ2n) is 3.64. The fraction of sp³-hybridized carbons (Fsp3) is 0.250. The number of rotatable bonds is 4. The Morgan fingerprint density at radius 2 is 2.38 bits per heavy atom. The van der Waals surface area contributed by atoms with Crippen molar-refractivity contribution in [3.05, 3.63) is 51.4 Å². The molecule has 0 saturated carbocycles. The predicted molar refractivity (Wildman–Crippen MR) is 68.8 cm³/mol. The molecule has 0 aliphatic carbocycles. The van der Waals surface area contributed by atoms with Gasteiger partial charge in [-0.15, -0.1) is 11.3 Å². The topological polar surface area (TPSA) is 24.9 Å². The Hall–Kier alpha value is -0.900. The van der Waals surface area contributed by atoms with Crippen molar-refractivity contribution in [1.82, 2.24) is 10.3 Å². The number of hydrogen-bond donors (Lipinski definition) is 1. The third kappa shape index (κ3) is 3.04. The minimum atomic E-state index is 0.278. The van der Waals surface area contributed by atoms with Crippen molar-refractivity contribution in [1.29, 1.82) is 0 Å². The van der Waals surface area contributed by atoms with Crippen LogP contribution in [0.2, 0.25) is 5.02 Å². The lowest BCUT2D eigenvalue weighted by atomic mass is 10.1. The van der Waals surface area contributed by atoms with Crippen LogP contribution < -0.4 is 5.32 Å². The quantitative estimate of drug-likeness (QED) is 0.899. The van der Waals surface area contributed by atoms with E-state index in [4.69, 9.17) is 11.6 Å². The fourth-order valence-corrected chi connectivity index (χ4v) is 2.23.